The molecule has 1 atom stereocenters. The highest BCUT2D eigenvalue weighted by atomic mass is 19.3. The van der Waals surface area contributed by atoms with Gasteiger partial charge in [-0.05, 0) is 55.0 Å². The van der Waals surface area contributed by atoms with Gasteiger partial charge in [0, 0.05) is 11.8 Å². The van der Waals surface area contributed by atoms with Crippen LogP contribution in [0, 0.1) is 0 Å². The smallest absolute Gasteiger partial charge is 0.295 e. The third-order valence-corrected chi connectivity index (χ3v) is 4.79. The zero-order valence-electron chi connectivity index (χ0n) is 16.7. The number of alkyl halides is 2. The number of amides is 1. The van der Waals surface area contributed by atoms with Gasteiger partial charge in [-0.25, -0.2) is 13.8 Å². The number of aromatic nitrogens is 3. The van der Waals surface area contributed by atoms with Crippen molar-refractivity contribution in [1.29, 1.82) is 0 Å². The van der Waals surface area contributed by atoms with E-state index in [4.69, 9.17) is 4.74 Å². The number of hydrogen-bond donors (Lipinski definition) is 2. The number of ether oxygens (including phenoxy) is 1. The maximum atomic E-state index is 12.8. The number of carbonyl (C=O) groups excluding carboxylic acids is 1. The lowest BCUT2D eigenvalue weighted by Crippen LogP contribution is -2.26. The Kier molecular flexibility index (Phi) is 5.88. The fourth-order valence-electron chi connectivity index (χ4n) is 3.15. The molecule has 0 spiro atoms. The summed E-state index contributed by atoms with van der Waals surface area (Å²) in [5.74, 6) is -0.0616. The number of fused-ring (bicyclic) bond motifs is 1. The van der Waals surface area contributed by atoms with Crippen LogP contribution in [0.3, 0.4) is 0 Å². The number of aromatic amines is 1. The van der Waals surface area contributed by atoms with E-state index in [9.17, 15) is 13.6 Å². The molecule has 2 aromatic carbocycles. The molecule has 0 fully saturated rings. The molecule has 0 saturated carbocycles. The largest absolute Gasteiger partial charge is 0.487 e. The standard InChI is InChI=1S/C23H20F2N4O2/c1-14(15-5-4-7-18(11-15)31-13-17-6-2-3-10-26-17)27-23(30)16-8-9-19-20(12-16)29-22(28-19)21(24)25/h2-12,14,21H,13H2,1H3,(H,27,30)(H,28,29). The van der Waals surface area contributed by atoms with Gasteiger partial charge in [-0.15, -0.1) is 0 Å². The van der Waals surface area contributed by atoms with Gasteiger partial charge in [0.2, 0.25) is 0 Å². The first-order chi connectivity index (χ1) is 15.0. The first kappa shape index (κ1) is 20.5. The number of halogens is 2. The highest BCUT2D eigenvalue weighted by Crippen LogP contribution is 2.22. The Morgan fingerprint density at radius 3 is 2.77 bits per heavy atom. The lowest BCUT2D eigenvalue weighted by Gasteiger charge is -2.16. The van der Waals surface area contributed by atoms with E-state index in [-0.39, 0.29) is 11.9 Å². The van der Waals surface area contributed by atoms with Crippen LogP contribution in [0.15, 0.2) is 66.9 Å². The lowest BCUT2D eigenvalue weighted by atomic mass is 10.1. The molecule has 158 valence electrons. The molecule has 0 radical (unpaired) electrons. The normalized spacial score (nSPS) is 12.1. The summed E-state index contributed by atoms with van der Waals surface area (Å²) in [6.45, 7) is 2.20. The van der Waals surface area contributed by atoms with Crippen molar-refractivity contribution in [3.8, 4) is 5.75 Å². The molecule has 2 heterocycles. The molecular formula is C23H20F2N4O2. The highest BCUT2D eigenvalue weighted by Gasteiger charge is 2.16. The molecule has 0 saturated heterocycles. The van der Waals surface area contributed by atoms with E-state index in [1.54, 1.807) is 18.3 Å². The molecule has 0 bridgehead atoms. The Bertz CT molecular complexity index is 1190. The predicted molar refractivity (Wildman–Crippen MR) is 112 cm³/mol. The van der Waals surface area contributed by atoms with E-state index in [0.717, 1.165) is 11.3 Å². The second-order valence-electron chi connectivity index (χ2n) is 7.03. The molecule has 8 heteroatoms. The summed E-state index contributed by atoms with van der Waals surface area (Å²) in [4.78, 5) is 23.3. The van der Waals surface area contributed by atoms with E-state index >= 15 is 0 Å². The average molecular weight is 422 g/mol. The van der Waals surface area contributed by atoms with E-state index in [0.29, 0.717) is 29.0 Å². The van der Waals surface area contributed by atoms with Crippen LogP contribution in [-0.4, -0.2) is 20.9 Å². The Hall–Kier alpha value is -3.81. The number of hydrogen-bond acceptors (Lipinski definition) is 4. The predicted octanol–water partition coefficient (Wildman–Crippen LogP) is 4.97. The van der Waals surface area contributed by atoms with Crippen molar-refractivity contribution in [2.24, 2.45) is 0 Å². The van der Waals surface area contributed by atoms with Crippen LogP contribution in [0.1, 0.15) is 46.8 Å². The zero-order valence-corrected chi connectivity index (χ0v) is 16.7. The minimum Gasteiger partial charge on any atom is -0.487 e. The van der Waals surface area contributed by atoms with E-state index in [1.165, 1.54) is 6.07 Å². The third-order valence-electron chi connectivity index (χ3n) is 4.79. The van der Waals surface area contributed by atoms with Crippen molar-refractivity contribution in [1.82, 2.24) is 20.3 Å². The highest BCUT2D eigenvalue weighted by molar-refractivity contribution is 5.97. The van der Waals surface area contributed by atoms with Gasteiger partial charge in [-0.1, -0.05) is 18.2 Å². The Balaban J connectivity index is 1.43. The number of rotatable bonds is 7. The van der Waals surface area contributed by atoms with E-state index in [1.807, 2.05) is 49.4 Å². The van der Waals surface area contributed by atoms with Crippen LogP contribution < -0.4 is 10.1 Å². The van der Waals surface area contributed by atoms with E-state index in [2.05, 4.69) is 20.3 Å². The number of pyridine rings is 1. The molecule has 0 aliphatic rings. The second-order valence-corrected chi connectivity index (χ2v) is 7.03. The van der Waals surface area contributed by atoms with Crippen molar-refractivity contribution >= 4 is 16.9 Å². The SMILES string of the molecule is CC(NC(=O)c1ccc2nc(C(F)F)[nH]c2c1)c1cccc(OCc2ccccn2)c1. The minimum absolute atomic E-state index is 0.292. The first-order valence-electron chi connectivity index (χ1n) is 9.71. The zero-order chi connectivity index (χ0) is 21.8. The van der Waals surface area contributed by atoms with Crippen LogP contribution in [0.2, 0.25) is 0 Å². The number of H-pyrrole nitrogens is 1. The summed E-state index contributed by atoms with van der Waals surface area (Å²) in [5, 5.41) is 2.92. The molecule has 6 nitrogen and oxygen atoms in total. The van der Waals surface area contributed by atoms with Gasteiger partial charge >= 0.3 is 0 Å². The topological polar surface area (TPSA) is 79.9 Å². The molecule has 31 heavy (non-hydrogen) atoms. The fourth-order valence-corrected chi connectivity index (χ4v) is 3.15. The summed E-state index contributed by atoms with van der Waals surface area (Å²) >= 11 is 0. The van der Waals surface area contributed by atoms with Gasteiger partial charge in [0.15, 0.2) is 5.82 Å². The maximum absolute atomic E-state index is 12.8. The van der Waals surface area contributed by atoms with Crippen LogP contribution in [0.5, 0.6) is 5.75 Å². The number of benzene rings is 2. The van der Waals surface area contributed by atoms with Crippen LogP contribution in [0.4, 0.5) is 8.78 Å². The van der Waals surface area contributed by atoms with Crippen molar-refractivity contribution < 1.29 is 18.3 Å². The van der Waals surface area contributed by atoms with Crippen molar-refractivity contribution in [2.45, 2.75) is 26.0 Å². The quantitative estimate of drug-likeness (QED) is 0.441. The molecule has 2 N–H and O–H groups in total. The van der Waals surface area contributed by atoms with Crippen LogP contribution >= 0.6 is 0 Å². The van der Waals surface area contributed by atoms with E-state index < -0.39 is 12.2 Å². The number of nitrogens with zero attached hydrogens (tertiary/aromatic N) is 2. The summed E-state index contributed by atoms with van der Waals surface area (Å²) < 4.78 is 31.4. The molecular weight excluding hydrogens is 402 g/mol. The minimum atomic E-state index is -2.70. The van der Waals surface area contributed by atoms with Crippen molar-refractivity contribution in [2.75, 3.05) is 0 Å². The monoisotopic (exact) mass is 422 g/mol. The Labute approximate surface area is 177 Å². The molecule has 2 aromatic heterocycles. The second kappa shape index (κ2) is 8.91. The maximum Gasteiger partial charge on any atom is 0.295 e. The van der Waals surface area contributed by atoms with Gasteiger partial charge in [-0.2, -0.15) is 0 Å². The van der Waals surface area contributed by atoms with Crippen molar-refractivity contribution in [3.05, 3.63) is 89.5 Å². The summed E-state index contributed by atoms with van der Waals surface area (Å²) in [7, 11) is 0. The van der Waals surface area contributed by atoms with Crippen LogP contribution in [-0.2, 0) is 6.61 Å². The van der Waals surface area contributed by atoms with Gasteiger partial charge < -0.3 is 15.0 Å². The van der Waals surface area contributed by atoms with Gasteiger partial charge in [-0.3, -0.25) is 9.78 Å². The van der Waals surface area contributed by atoms with Crippen molar-refractivity contribution in [3.63, 3.8) is 0 Å². The summed E-state index contributed by atoms with van der Waals surface area (Å²) in [6.07, 6.45) is -0.987. The summed E-state index contributed by atoms with van der Waals surface area (Å²) in [6, 6.07) is 17.4. The average Bonchev–Trinajstić information content (AvgIpc) is 3.22. The van der Waals surface area contributed by atoms with Gasteiger partial charge in [0.1, 0.15) is 12.4 Å². The molecule has 4 aromatic rings. The fraction of sp³-hybridized carbons (Fsp3) is 0.174. The number of nitrogens with one attached hydrogen (secondary N) is 2. The molecule has 0 aliphatic carbocycles. The third kappa shape index (κ3) is 4.85. The summed E-state index contributed by atoms with van der Waals surface area (Å²) in [5.41, 5.74) is 2.82. The Morgan fingerprint density at radius 1 is 1.13 bits per heavy atom. The van der Waals surface area contributed by atoms with Gasteiger partial charge in [0.25, 0.3) is 12.3 Å². The lowest BCUT2D eigenvalue weighted by molar-refractivity contribution is 0.0940. The first-order valence-corrected chi connectivity index (χ1v) is 9.71. The molecule has 4 rings (SSSR count). The number of carbonyl (C=O) groups is 1. The van der Waals surface area contributed by atoms with Gasteiger partial charge in [0.05, 0.1) is 22.8 Å². The molecule has 1 amide bonds. The van der Waals surface area contributed by atoms with Crippen LogP contribution in [0.25, 0.3) is 11.0 Å². The molecule has 0 aliphatic heterocycles. The number of imidazole rings is 1. The molecule has 1 unspecified atom stereocenters. The Morgan fingerprint density at radius 2 is 2.00 bits per heavy atom.